The summed E-state index contributed by atoms with van der Waals surface area (Å²) >= 11 is 0. The number of carbonyl (C=O) groups excluding carboxylic acids is 2. The standard InChI is InChI=1S/C12H22N2O2/c1-5-6-7-8(2)14-10(4)11(15)13-9(3)12(14)16/h8-10H,5-7H2,1-4H3,(H,13,15). The van der Waals surface area contributed by atoms with Crippen molar-refractivity contribution >= 4 is 11.8 Å². The minimum absolute atomic E-state index is 0.0377. The van der Waals surface area contributed by atoms with Gasteiger partial charge in [0.2, 0.25) is 11.8 Å². The SMILES string of the molecule is CCCCC(C)N1C(=O)C(C)NC(=O)C1C. The highest BCUT2D eigenvalue weighted by atomic mass is 16.2. The summed E-state index contributed by atoms with van der Waals surface area (Å²) in [6.07, 6.45) is 3.17. The third-order valence-electron chi connectivity index (χ3n) is 3.23. The minimum Gasteiger partial charge on any atom is -0.343 e. The molecule has 16 heavy (non-hydrogen) atoms. The van der Waals surface area contributed by atoms with Crippen LogP contribution in [0.1, 0.15) is 47.0 Å². The third kappa shape index (κ3) is 2.54. The second-order valence-corrected chi connectivity index (χ2v) is 4.64. The molecule has 1 aliphatic rings. The van der Waals surface area contributed by atoms with E-state index in [4.69, 9.17) is 0 Å². The van der Waals surface area contributed by atoms with E-state index in [0.717, 1.165) is 19.3 Å². The summed E-state index contributed by atoms with van der Waals surface area (Å²) in [4.78, 5) is 25.4. The van der Waals surface area contributed by atoms with Gasteiger partial charge in [0.25, 0.3) is 0 Å². The topological polar surface area (TPSA) is 49.4 Å². The van der Waals surface area contributed by atoms with Crippen molar-refractivity contribution in [1.29, 1.82) is 0 Å². The molecule has 1 heterocycles. The van der Waals surface area contributed by atoms with Gasteiger partial charge in [0, 0.05) is 6.04 Å². The highest BCUT2D eigenvalue weighted by molar-refractivity contribution is 5.96. The smallest absolute Gasteiger partial charge is 0.245 e. The van der Waals surface area contributed by atoms with Gasteiger partial charge in [-0.3, -0.25) is 9.59 Å². The highest BCUT2D eigenvalue weighted by Crippen LogP contribution is 2.17. The first-order valence-electron chi connectivity index (χ1n) is 6.11. The zero-order chi connectivity index (χ0) is 12.3. The molecular formula is C12H22N2O2. The Kier molecular flexibility index (Phi) is 4.33. The summed E-state index contributed by atoms with van der Waals surface area (Å²) < 4.78 is 0. The van der Waals surface area contributed by atoms with E-state index in [0.29, 0.717) is 0 Å². The quantitative estimate of drug-likeness (QED) is 0.785. The van der Waals surface area contributed by atoms with Crippen molar-refractivity contribution in [3.63, 3.8) is 0 Å². The van der Waals surface area contributed by atoms with Crippen LogP contribution in [0.4, 0.5) is 0 Å². The van der Waals surface area contributed by atoms with Gasteiger partial charge in [0.1, 0.15) is 12.1 Å². The molecule has 0 spiro atoms. The first-order chi connectivity index (χ1) is 7.49. The van der Waals surface area contributed by atoms with Crippen molar-refractivity contribution in [2.45, 2.75) is 65.1 Å². The number of piperazine rings is 1. The van der Waals surface area contributed by atoms with E-state index in [1.807, 2.05) is 6.92 Å². The fourth-order valence-corrected chi connectivity index (χ4v) is 2.17. The van der Waals surface area contributed by atoms with Crippen LogP contribution in [0.5, 0.6) is 0 Å². The molecule has 0 radical (unpaired) electrons. The second-order valence-electron chi connectivity index (χ2n) is 4.64. The lowest BCUT2D eigenvalue weighted by Gasteiger charge is -2.40. The zero-order valence-electron chi connectivity index (χ0n) is 10.6. The Balaban J connectivity index is 2.73. The normalized spacial score (nSPS) is 27.9. The highest BCUT2D eigenvalue weighted by Gasteiger charge is 2.37. The van der Waals surface area contributed by atoms with Gasteiger partial charge >= 0.3 is 0 Å². The van der Waals surface area contributed by atoms with Crippen LogP contribution in [0.3, 0.4) is 0 Å². The maximum Gasteiger partial charge on any atom is 0.245 e. The molecule has 3 atom stereocenters. The molecule has 92 valence electrons. The summed E-state index contributed by atoms with van der Waals surface area (Å²) in [7, 11) is 0. The van der Waals surface area contributed by atoms with Crippen LogP contribution < -0.4 is 5.32 Å². The number of unbranched alkanes of at least 4 members (excludes halogenated alkanes) is 1. The van der Waals surface area contributed by atoms with Crippen LogP contribution in [-0.4, -0.2) is 34.8 Å². The lowest BCUT2D eigenvalue weighted by Crippen LogP contribution is -2.63. The van der Waals surface area contributed by atoms with Gasteiger partial charge in [-0.15, -0.1) is 0 Å². The van der Waals surface area contributed by atoms with E-state index in [9.17, 15) is 9.59 Å². The largest absolute Gasteiger partial charge is 0.343 e. The molecule has 1 rings (SSSR count). The molecule has 4 heteroatoms. The molecule has 1 aliphatic heterocycles. The molecule has 1 N–H and O–H groups in total. The van der Waals surface area contributed by atoms with Crippen molar-refractivity contribution < 1.29 is 9.59 Å². The van der Waals surface area contributed by atoms with E-state index in [1.165, 1.54) is 0 Å². The van der Waals surface area contributed by atoms with E-state index in [-0.39, 0.29) is 29.9 Å². The van der Waals surface area contributed by atoms with Crippen molar-refractivity contribution in [2.75, 3.05) is 0 Å². The van der Waals surface area contributed by atoms with Gasteiger partial charge in [0.05, 0.1) is 0 Å². The molecule has 0 saturated carbocycles. The van der Waals surface area contributed by atoms with Crippen molar-refractivity contribution in [3.05, 3.63) is 0 Å². The Hall–Kier alpha value is -1.06. The van der Waals surface area contributed by atoms with E-state index >= 15 is 0 Å². The lowest BCUT2D eigenvalue weighted by atomic mass is 10.0. The Morgan fingerprint density at radius 3 is 2.56 bits per heavy atom. The fourth-order valence-electron chi connectivity index (χ4n) is 2.17. The molecule has 1 fully saturated rings. The third-order valence-corrected chi connectivity index (χ3v) is 3.23. The van der Waals surface area contributed by atoms with Crippen LogP contribution >= 0.6 is 0 Å². The van der Waals surface area contributed by atoms with Crippen LogP contribution in [0.15, 0.2) is 0 Å². The first-order valence-corrected chi connectivity index (χ1v) is 6.11. The summed E-state index contributed by atoms with van der Waals surface area (Å²) in [5.41, 5.74) is 0. The second kappa shape index (κ2) is 5.32. The van der Waals surface area contributed by atoms with Gasteiger partial charge in [-0.1, -0.05) is 19.8 Å². The molecule has 2 amide bonds. The molecule has 0 aliphatic carbocycles. The van der Waals surface area contributed by atoms with Gasteiger partial charge < -0.3 is 10.2 Å². The molecule has 0 bridgehead atoms. The predicted octanol–water partition coefficient (Wildman–Crippen LogP) is 1.30. The number of amides is 2. The van der Waals surface area contributed by atoms with Crippen molar-refractivity contribution in [3.8, 4) is 0 Å². The van der Waals surface area contributed by atoms with Gasteiger partial charge in [-0.05, 0) is 27.2 Å². The number of nitrogens with zero attached hydrogens (tertiary/aromatic N) is 1. The number of hydrogen-bond donors (Lipinski definition) is 1. The Bertz CT molecular complexity index is 278. The predicted molar refractivity (Wildman–Crippen MR) is 62.9 cm³/mol. The van der Waals surface area contributed by atoms with Crippen molar-refractivity contribution in [1.82, 2.24) is 10.2 Å². The molecule has 1 saturated heterocycles. The average molecular weight is 226 g/mol. The van der Waals surface area contributed by atoms with E-state index in [1.54, 1.807) is 18.7 Å². The Morgan fingerprint density at radius 2 is 2.00 bits per heavy atom. The summed E-state index contributed by atoms with van der Waals surface area (Å²) in [6.45, 7) is 7.69. The van der Waals surface area contributed by atoms with Crippen LogP contribution in [0.2, 0.25) is 0 Å². The minimum atomic E-state index is -0.382. The molecule has 4 nitrogen and oxygen atoms in total. The number of carbonyl (C=O) groups is 2. The molecular weight excluding hydrogens is 204 g/mol. The van der Waals surface area contributed by atoms with E-state index < -0.39 is 0 Å². The average Bonchev–Trinajstić information content (AvgIpc) is 2.24. The molecule has 0 aromatic heterocycles. The summed E-state index contributed by atoms with van der Waals surface area (Å²) in [5, 5.41) is 2.69. The molecule has 0 aromatic carbocycles. The van der Waals surface area contributed by atoms with Crippen molar-refractivity contribution in [2.24, 2.45) is 0 Å². The van der Waals surface area contributed by atoms with Crippen LogP contribution in [0.25, 0.3) is 0 Å². The maximum atomic E-state index is 12.0. The van der Waals surface area contributed by atoms with Gasteiger partial charge in [0.15, 0.2) is 0 Å². The number of nitrogens with one attached hydrogen (secondary N) is 1. The summed E-state index contributed by atoms with van der Waals surface area (Å²) in [6, 6.07) is -0.570. The fraction of sp³-hybridized carbons (Fsp3) is 0.833. The molecule has 0 aromatic rings. The van der Waals surface area contributed by atoms with E-state index in [2.05, 4.69) is 12.2 Å². The maximum absolute atomic E-state index is 12.0. The molecule has 3 unspecified atom stereocenters. The Morgan fingerprint density at radius 1 is 1.38 bits per heavy atom. The van der Waals surface area contributed by atoms with Crippen LogP contribution in [0, 0.1) is 0 Å². The van der Waals surface area contributed by atoms with Gasteiger partial charge in [-0.2, -0.15) is 0 Å². The zero-order valence-corrected chi connectivity index (χ0v) is 10.6. The van der Waals surface area contributed by atoms with Crippen LogP contribution in [-0.2, 0) is 9.59 Å². The van der Waals surface area contributed by atoms with Gasteiger partial charge in [-0.25, -0.2) is 0 Å². The summed E-state index contributed by atoms with van der Waals surface area (Å²) in [5.74, 6) is -0.00819. The number of hydrogen-bond acceptors (Lipinski definition) is 2. The Labute approximate surface area is 97.4 Å². The lowest BCUT2D eigenvalue weighted by molar-refractivity contribution is -0.150. The first kappa shape index (κ1) is 13.0. The monoisotopic (exact) mass is 226 g/mol. The number of rotatable bonds is 4.